The van der Waals surface area contributed by atoms with Crippen LogP contribution in [0.3, 0.4) is 0 Å². The molecule has 0 bridgehead atoms. The van der Waals surface area contributed by atoms with Crippen LogP contribution in [0, 0.1) is 0 Å². The minimum atomic E-state index is -1.95. The largest absolute Gasteiger partial charge is 0.460 e. The van der Waals surface area contributed by atoms with Gasteiger partial charge in [-0.05, 0) is 64.3 Å². The van der Waals surface area contributed by atoms with Gasteiger partial charge in [0, 0.05) is 17.4 Å². The van der Waals surface area contributed by atoms with E-state index in [1.165, 1.54) is 24.9 Å². The van der Waals surface area contributed by atoms with E-state index in [0.29, 0.717) is 18.8 Å². The van der Waals surface area contributed by atoms with Crippen LogP contribution in [0.2, 0.25) is 50.9 Å². The SMILES string of the molecule is C=C(C)C(=O)OCCOCCC[Si](C)(C)C(CC)(CC)O[Si]1(C)CC1(CC)O[Si](C)(C)CCCC. The summed E-state index contributed by atoms with van der Waals surface area (Å²) in [7, 11) is -5.35. The van der Waals surface area contributed by atoms with Crippen LogP contribution in [0.1, 0.15) is 73.1 Å². The molecule has 0 radical (unpaired) electrons. The highest BCUT2D eigenvalue weighted by atomic mass is 28.4. The Morgan fingerprint density at radius 2 is 1.63 bits per heavy atom. The van der Waals surface area contributed by atoms with Crippen LogP contribution in [-0.4, -0.2) is 60.9 Å². The van der Waals surface area contributed by atoms with E-state index in [9.17, 15) is 4.79 Å². The second-order valence-corrected chi connectivity index (χ2v) is 25.4. The minimum Gasteiger partial charge on any atom is -0.460 e. The molecule has 1 fully saturated rings. The third kappa shape index (κ3) is 8.64. The molecule has 0 aromatic heterocycles. The fourth-order valence-electron chi connectivity index (χ4n) is 5.71. The van der Waals surface area contributed by atoms with Gasteiger partial charge in [-0.3, -0.25) is 0 Å². The lowest BCUT2D eigenvalue weighted by Crippen LogP contribution is -2.59. The second-order valence-electron chi connectivity index (χ2n) is 12.0. The van der Waals surface area contributed by atoms with Crippen LogP contribution in [-0.2, 0) is 23.1 Å². The smallest absolute Gasteiger partial charge is 0.333 e. The van der Waals surface area contributed by atoms with E-state index in [1.54, 1.807) is 6.92 Å². The predicted molar refractivity (Wildman–Crippen MR) is 156 cm³/mol. The summed E-state index contributed by atoms with van der Waals surface area (Å²) in [5.74, 6) is -0.351. The van der Waals surface area contributed by atoms with Gasteiger partial charge >= 0.3 is 5.97 Å². The van der Waals surface area contributed by atoms with E-state index in [2.05, 4.69) is 67.0 Å². The third-order valence-corrected chi connectivity index (χ3v) is 20.3. The van der Waals surface area contributed by atoms with Crippen LogP contribution in [0.15, 0.2) is 12.2 Å². The fourth-order valence-corrected chi connectivity index (χ4v) is 19.5. The fraction of sp³-hybridized carbons (Fsp3) is 0.889. The standard InChI is InChI=1S/C27H56O5Si3/c1-12-16-22-34(9,10)31-27(15-4)23-35(27,11)32-26(13-2,14-3)33(7,8)21-17-18-29-19-20-30-25(28)24(5)6/h5,12-23H2,1-4,6-11H3. The lowest BCUT2D eigenvalue weighted by Gasteiger charge is -2.48. The molecule has 0 amide bonds. The topological polar surface area (TPSA) is 54.0 Å². The van der Waals surface area contributed by atoms with Gasteiger partial charge < -0.3 is 18.3 Å². The quantitative estimate of drug-likeness (QED) is 0.0724. The van der Waals surface area contributed by atoms with Crippen LogP contribution in [0.25, 0.3) is 0 Å². The molecule has 1 rings (SSSR count). The Balaban J connectivity index is 2.74. The molecule has 2 unspecified atom stereocenters. The van der Waals surface area contributed by atoms with E-state index in [-0.39, 0.29) is 23.0 Å². The summed E-state index contributed by atoms with van der Waals surface area (Å²) in [6.45, 7) is 28.1. The highest BCUT2D eigenvalue weighted by molar-refractivity contribution is 6.89. The van der Waals surface area contributed by atoms with Crippen molar-refractivity contribution in [2.45, 2.75) is 134 Å². The van der Waals surface area contributed by atoms with E-state index >= 15 is 0 Å². The molecule has 0 saturated carbocycles. The Hall–Kier alpha value is -0.259. The van der Waals surface area contributed by atoms with E-state index in [1.807, 2.05) is 0 Å². The maximum atomic E-state index is 11.5. The molecule has 0 N–H and O–H groups in total. The number of ether oxygens (including phenoxy) is 2. The molecule has 5 nitrogen and oxygen atoms in total. The van der Waals surface area contributed by atoms with Crippen molar-refractivity contribution in [3.05, 3.63) is 12.2 Å². The molecule has 1 aliphatic heterocycles. The summed E-state index contributed by atoms with van der Waals surface area (Å²) in [5, 5.41) is 0.00125. The monoisotopic (exact) mass is 544 g/mol. The molecule has 1 aliphatic rings. The molecule has 0 aliphatic carbocycles. The van der Waals surface area contributed by atoms with E-state index < -0.39 is 24.7 Å². The number of esters is 1. The Kier molecular flexibility index (Phi) is 12.6. The minimum absolute atomic E-state index is 0.0135. The van der Waals surface area contributed by atoms with Crippen LogP contribution < -0.4 is 0 Å². The summed E-state index contributed by atoms with van der Waals surface area (Å²) in [6.07, 6.45) is 6.74. The molecule has 0 aromatic carbocycles. The third-order valence-electron chi connectivity index (χ3n) is 8.33. The molecule has 1 heterocycles. The molecular weight excluding hydrogens is 489 g/mol. The molecule has 35 heavy (non-hydrogen) atoms. The van der Waals surface area contributed by atoms with Crippen molar-refractivity contribution in [1.82, 2.24) is 0 Å². The van der Waals surface area contributed by atoms with Crippen molar-refractivity contribution in [1.29, 1.82) is 0 Å². The summed E-state index contributed by atoms with van der Waals surface area (Å²) in [4.78, 5) is 11.5. The molecule has 1 saturated heterocycles. The highest BCUT2D eigenvalue weighted by Crippen LogP contribution is 2.57. The molecule has 2 atom stereocenters. The highest BCUT2D eigenvalue weighted by Gasteiger charge is 2.72. The maximum absolute atomic E-state index is 11.5. The van der Waals surface area contributed by atoms with Crippen molar-refractivity contribution in [3.63, 3.8) is 0 Å². The van der Waals surface area contributed by atoms with E-state index in [4.69, 9.17) is 18.3 Å². The Morgan fingerprint density at radius 1 is 1.00 bits per heavy atom. The van der Waals surface area contributed by atoms with E-state index in [0.717, 1.165) is 31.7 Å². The first-order chi connectivity index (χ1) is 16.2. The molecular formula is C27H56O5Si3. The van der Waals surface area contributed by atoms with Gasteiger partial charge in [0.25, 0.3) is 0 Å². The number of unbranched alkanes of at least 4 members (excludes halogenated alkanes) is 1. The van der Waals surface area contributed by atoms with Gasteiger partial charge in [-0.15, -0.1) is 0 Å². The second kappa shape index (κ2) is 13.5. The lowest BCUT2D eigenvalue weighted by atomic mass is 10.2. The number of carbonyl (C=O) groups is 1. The van der Waals surface area contributed by atoms with Crippen molar-refractivity contribution in [2.75, 3.05) is 19.8 Å². The molecule has 8 heteroatoms. The van der Waals surface area contributed by atoms with Crippen molar-refractivity contribution in [3.8, 4) is 0 Å². The van der Waals surface area contributed by atoms with Crippen molar-refractivity contribution < 1.29 is 23.1 Å². The first kappa shape index (κ1) is 32.8. The Labute approximate surface area is 220 Å². The van der Waals surface area contributed by atoms with Crippen molar-refractivity contribution in [2.24, 2.45) is 0 Å². The van der Waals surface area contributed by atoms with Gasteiger partial charge in [0.2, 0.25) is 8.32 Å². The summed E-state index contributed by atoms with van der Waals surface area (Å²) < 4.78 is 25.3. The van der Waals surface area contributed by atoms with Gasteiger partial charge in [0.1, 0.15) is 6.61 Å². The maximum Gasteiger partial charge on any atom is 0.333 e. The van der Waals surface area contributed by atoms with Crippen LogP contribution >= 0.6 is 0 Å². The van der Waals surface area contributed by atoms with Gasteiger partial charge in [-0.25, -0.2) is 4.79 Å². The van der Waals surface area contributed by atoms with Gasteiger partial charge in [-0.1, -0.05) is 66.3 Å². The van der Waals surface area contributed by atoms with Gasteiger partial charge in [-0.2, -0.15) is 0 Å². The zero-order valence-corrected chi connectivity index (χ0v) is 27.7. The number of hydrogen-bond donors (Lipinski definition) is 0. The molecule has 0 aromatic rings. The zero-order chi connectivity index (χ0) is 27.0. The number of rotatable bonds is 19. The van der Waals surface area contributed by atoms with Crippen LogP contribution in [0.5, 0.6) is 0 Å². The Morgan fingerprint density at radius 3 is 2.14 bits per heavy atom. The van der Waals surface area contributed by atoms with Gasteiger partial charge in [0.15, 0.2) is 8.32 Å². The summed E-state index contributed by atoms with van der Waals surface area (Å²) >= 11 is 0. The lowest BCUT2D eigenvalue weighted by molar-refractivity contribution is -0.140. The average Bonchev–Trinajstić information content (AvgIpc) is 3.36. The zero-order valence-electron chi connectivity index (χ0n) is 24.7. The average molecular weight is 545 g/mol. The summed E-state index contributed by atoms with van der Waals surface area (Å²) in [5.41, 5.74) is 0.422. The predicted octanol–water partition coefficient (Wildman–Crippen LogP) is 7.63. The van der Waals surface area contributed by atoms with Crippen LogP contribution in [0.4, 0.5) is 0 Å². The molecule has 206 valence electrons. The number of hydrogen-bond acceptors (Lipinski definition) is 5. The first-order valence-electron chi connectivity index (χ1n) is 14.0. The number of carbonyl (C=O) groups excluding carboxylic acids is 1. The molecule has 0 spiro atoms. The first-order valence-corrected chi connectivity index (χ1v) is 22.9. The van der Waals surface area contributed by atoms with Gasteiger partial charge in [0.05, 0.1) is 19.9 Å². The summed E-state index contributed by atoms with van der Waals surface area (Å²) in [6, 6.07) is 3.56. The van der Waals surface area contributed by atoms with Crippen molar-refractivity contribution >= 4 is 30.7 Å². The normalized spacial score (nSPS) is 22.8. The Bertz CT molecular complexity index is 692.